The van der Waals surface area contributed by atoms with Gasteiger partial charge in [-0.25, -0.2) is 20.1 Å². The number of imidazole rings is 1. The second kappa shape index (κ2) is 6.64. The van der Waals surface area contributed by atoms with Crippen molar-refractivity contribution < 1.29 is 22.1 Å². The smallest absolute Gasteiger partial charge is 0.333 e. The lowest BCUT2D eigenvalue weighted by Crippen LogP contribution is -2.30. The molecule has 3 heterocycles. The number of rotatable bonds is 5. The van der Waals surface area contributed by atoms with Crippen LogP contribution in [0.5, 0.6) is 0 Å². The highest BCUT2D eigenvalue weighted by atomic mass is 32.2. The Morgan fingerprint density at radius 2 is 2.07 bits per heavy atom. The third kappa shape index (κ3) is 3.57. The molecule has 1 aliphatic carbocycles. The van der Waals surface area contributed by atoms with Crippen molar-refractivity contribution in [2.75, 3.05) is 12.9 Å². The third-order valence-corrected chi connectivity index (χ3v) is 6.02. The number of thioether (sulfide) groups is 1. The van der Waals surface area contributed by atoms with Crippen LogP contribution < -0.4 is 5.14 Å². The minimum absolute atomic E-state index is 0.0619. The van der Waals surface area contributed by atoms with Crippen molar-refractivity contribution in [3.05, 3.63) is 12.7 Å². The number of aromatic nitrogens is 4. The number of fused-ring (bicyclic) bond motifs is 2. The molecule has 2 aromatic rings. The fourth-order valence-electron chi connectivity index (χ4n) is 3.90. The van der Waals surface area contributed by atoms with E-state index in [0.717, 1.165) is 10.5 Å². The van der Waals surface area contributed by atoms with Gasteiger partial charge in [0.05, 0.1) is 25.1 Å². The Balaban J connectivity index is 1.68. The van der Waals surface area contributed by atoms with Crippen molar-refractivity contribution in [2.45, 2.75) is 49.3 Å². The van der Waals surface area contributed by atoms with Crippen molar-refractivity contribution in [3.63, 3.8) is 0 Å². The van der Waals surface area contributed by atoms with Crippen LogP contribution in [0, 0.1) is 5.92 Å². The van der Waals surface area contributed by atoms with E-state index >= 15 is 0 Å². The van der Waals surface area contributed by atoms with Crippen LogP contribution in [0.4, 0.5) is 0 Å². The van der Waals surface area contributed by atoms with Gasteiger partial charge in [-0.1, -0.05) is 0 Å². The van der Waals surface area contributed by atoms with E-state index in [9.17, 15) is 8.42 Å². The maximum atomic E-state index is 11.2. The first-order chi connectivity index (χ1) is 12.7. The van der Waals surface area contributed by atoms with Gasteiger partial charge in [-0.15, -0.1) is 11.8 Å². The molecule has 1 saturated heterocycles. The molecule has 10 nitrogen and oxygen atoms in total. The van der Waals surface area contributed by atoms with E-state index in [1.807, 2.05) is 24.7 Å². The average molecular weight is 415 g/mol. The van der Waals surface area contributed by atoms with Crippen LogP contribution >= 0.6 is 11.8 Å². The summed E-state index contributed by atoms with van der Waals surface area (Å²) >= 11 is 1.50. The normalized spacial score (nSPS) is 30.1. The van der Waals surface area contributed by atoms with Gasteiger partial charge in [0.2, 0.25) is 0 Å². The molecule has 4 rings (SSSR count). The lowest BCUT2D eigenvalue weighted by molar-refractivity contribution is -0.161. The number of ether oxygens (including phenoxy) is 2. The van der Waals surface area contributed by atoms with Crippen LogP contribution in [0.3, 0.4) is 0 Å². The Morgan fingerprint density at radius 1 is 1.33 bits per heavy atom. The summed E-state index contributed by atoms with van der Waals surface area (Å²) in [6.45, 7) is 3.60. The standard InChI is InChI=1S/C15H21N5O5S2/c1-15(2)24-11-8(5-23-27(16,21)22)4-9(12(11)25-15)20-7-19-10-13(20)17-6-18-14(10)26-3/h6-9,11-12H,4-5H2,1-3H3,(H2,16,21,22)/t8-,9-,11-,12+/m1/s1. The van der Waals surface area contributed by atoms with Crippen molar-refractivity contribution >= 4 is 33.2 Å². The Morgan fingerprint density at radius 3 is 2.78 bits per heavy atom. The number of nitrogens with two attached hydrogens (primary N) is 1. The van der Waals surface area contributed by atoms with Crippen LogP contribution in [0.15, 0.2) is 17.7 Å². The van der Waals surface area contributed by atoms with E-state index in [-0.39, 0.29) is 30.8 Å². The van der Waals surface area contributed by atoms with E-state index in [0.29, 0.717) is 12.1 Å². The molecular formula is C15H21N5O5S2. The first-order valence-corrected chi connectivity index (χ1v) is 11.1. The van der Waals surface area contributed by atoms with Crippen molar-refractivity contribution in [1.82, 2.24) is 19.5 Å². The van der Waals surface area contributed by atoms with Crippen molar-refractivity contribution in [3.8, 4) is 0 Å². The van der Waals surface area contributed by atoms with Gasteiger partial charge in [-0.2, -0.15) is 8.42 Å². The summed E-state index contributed by atoms with van der Waals surface area (Å²) in [7, 11) is -4.02. The Labute approximate surface area is 161 Å². The lowest BCUT2D eigenvalue weighted by Gasteiger charge is -2.24. The molecule has 0 spiro atoms. The second-order valence-corrected chi connectivity index (χ2v) is 9.13. The van der Waals surface area contributed by atoms with Crippen LogP contribution in [0.25, 0.3) is 11.2 Å². The quantitative estimate of drug-likeness (QED) is 0.557. The highest BCUT2D eigenvalue weighted by molar-refractivity contribution is 7.98. The minimum Gasteiger partial charge on any atom is -0.344 e. The van der Waals surface area contributed by atoms with Gasteiger partial charge >= 0.3 is 10.3 Å². The number of hydrogen-bond donors (Lipinski definition) is 1. The van der Waals surface area contributed by atoms with Gasteiger partial charge < -0.3 is 14.0 Å². The molecule has 0 radical (unpaired) electrons. The molecular weight excluding hydrogens is 394 g/mol. The van der Waals surface area contributed by atoms with Gasteiger partial charge in [0.1, 0.15) is 23.0 Å². The first-order valence-electron chi connectivity index (χ1n) is 8.43. The molecule has 4 atom stereocenters. The van der Waals surface area contributed by atoms with E-state index < -0.39 is 16.1 Å². The molecule has 0 amide bonds. The van der Waals surface area contributed by atoms with E-state index in [1.165, 1.54) is 18.1 Å². The van der Waals surface area contributed by atoms with Crippen LogP contribution in [-0.4, -0.2) is 58.8 Å². The van der Waals surface area contributed by atoms with E-state index in [2.05, 4.69) is 15.0 Å². The van der Waals surface area contributed by atoms with Gasteiger partial charge in [0.15, 0.2) is 11.4 Å². The summed E-state index contributed by atoms with van der Waals surface area (Å²) in [6, 6.07) is -0.125. The van der Waals surface area contributed by atoms with Gasteiger partial charge in [-0.05, 0) is 26.5 Å². The van der Waals surface area contributed by atoms with Crippen molar-refractivity contribution in [2.24, 2.45) is 11.1 Å². The highest BCUT2D eigenvalue weighted by Gasteiger charge is 2.55. The summed E-state index contributed by atoms with van der Waals surface area (Å²) in [5.74, 6) is -0.969. The average Bonchev–Trinajstić information content (AvgIpc) is 3.22. The SMILES string of the molecule is CSc1ncnc2c1ncn2[C@@H]1C[C@H](COS(N)(=O)=O)[C@H]2OC(C)(C)O[C@H]21. The zero-order valence-corrected chi connectivity index (χ0v) is 16.7. The summed E-state index contributed by atoms with van der Waals surface area (Å²) in [6.07, 6.45) is 5.16. The molecule has 148 valence electrons. The predicted molar refractivity (Wildman–Crippen MR) is 97.1 cm³/mol. The van der Waals surface area contributed by atoms with Gasteiger partial charge in [-0.3, -0.25) is 4.18 Å². The molecule has 27 heavy (non-hydrogen) atoms. The monoisotopic (exact) mass is 415 g/mol. The molecule has 0 bridgehead atoms. The molecule has 1 aliphatic heterocycles. The molecule has 12 heteroatoms. The molecule has 0 unspecified atom stereocenters. The number of hydrogen-bond acceptors (Lipinski definition) is 9. The zero-order valence-electron chi connectivity index (χ0n) is 15.1. The topological polar surface area (TPSA) is 131 Å². The fourth-order valence-corrected chi connectivity index (χ4v) is 4.75. The molecule has 2 aliphatic rings. The maximum Gasteiger partial charge on any atom is 0.333 e. The van der Waals surface area contributed by atoms with E-state index in [4.69, 9.17) is 18.8 Å². The largest absolute Gasteiger partial charge is 0.344 e. The Bertz CT molecular complexity index is 963. The van der Waals surface area contributed by atoms with Crippen LogP contribution in [0.2, 0.25) is 0 Å². The van der Waals surface area contributed by atoms with Gasteiger partial charge in [0.25, 0.3) is 0 Å². The summed E-state index contributed by atoms with van der Waals surface area (Å²) in [5.41, 5.74) is 1.43. The Kier molecular flexibility index (Phi) is 4.68. The molecule has 2 fully saturated rings. The number of nitrogens with zero attached hydrogens (tertiary/aromatic N) is 4. The summed E-state index contributed by atoms with van der Waals surface area (Å²) < 4.78 is 41.4. The summed E-state index contributed by atoms with van der Waals surface area (Å²) in [5, 5.41) is 5.78. The maximum absolute atomic E-state index is 11.2. The van der Waals surface area contributed by atoms with Gasteiger partial charge in [0, 0.05) is 5.92 Å². The molecule has 2 N–H and O–H groups in total. The molecule has 0 aromatic carbocycles. The van der Waals surface area contributed by atoms with Crippen LogP contribution in [0.1, 0.15) is 26.3 Å². The lowest BCUT2D eigenvalue weighted by atomic mass is 10.1. The molecule has 2 aromatic heterocycles. The highest BCUT2D eigenvalue weighted by Crippen LogP contribution is 2.47. The van der Waals surface area contributed by atoms with Crippen LogP contribution in [-0.2, 0) is 24.0 Å². The minimum atomic E-state index is -4.02. The Hall–Kier alpha value is -1.31. The second-order valence-electron chi connectivity index (χ2n) is 7.11. The zero-order chi connectivity index (χ0) is 19.4. The molecule has 1 saturated carbocycles. The summed E-state index contributed by atoms with van der Waals surface area (Å²) in [4.78, 5) is 13.1. The third-order valence-electron chi connectivity index (χ3n) is 4.87. The van der Waals surface area contributed by atoms with Crippen molar-refractivity contribution in [1.29, 1.82) is 0 Å². The first kappa shape index (κ1) is 19.0. The fraction of sp³-hybridized carbons (Fsp3) is 0.667. The predicted octanol–water partition coefficient (Wildman–Crippen LogP) is 0.849. The van der Waals surface area contributed by atoms with E-state index in [1.54, 1.807) is 6.33 Å².